The van der Waals surface area contributed by atoms with E-state index in [1.54, 1.807) is 9.42 Å². The molecule has 2 aliphatic heterocycles. The van der Waals surface area contributed by atoms with Crippen LogP contribution in [0.5, 0.6) is 0 Å². The first-order chi connectivity index (χ1) is 18.0. The number of ether oxygens (including phenoxy) is 1. The van der Waals surface area contributed by atoms with Gasteiger partial charge in [-0.1, -0.05) is 37.3 Å². The molecule has 2 saturated heterocycles. The summed E-state index contributed by atoms with van der Waals surface area (Å²) in [6.07, 6.45) is 4.07. The summed E-state index contributed by atoms with van der Waals surface area (Å²) in [4.78, 5) is 34.0. The minimum Gasteiger partial charge on any atom is -0.444 e. The summed E-state index contributed by atoms with van der Waals surface area (Å²) in [6, 6.07) is 12.8. The largest absolute Gasteiger partial charge is 0.444 e. The Morgan fingerprint density at radius 2 is 1.82 bits per heavy atom. The van der Waals surface area contributed by atoms with Gasteiger partial charge in [0.05, 0.1) is 11.9 Å². The molecule has 38 heavy (non-hydrogen) atoms. The molecule has 9 heteroatoms. The number of anilines is 1. The van der Waals surface area contributed by atoms with Gasteiger partial charge in [0.15, 0.2) is 5.65 Å². The number of pyridine rings is 1. The lowest BCUT2D eigenvalue weighted by molar-refractivity contribution is 0.0199. The molecule has 2 aliphatic rings. The number of amides is 2. The summed E-state index contributed by atoms with van der Waals surface area (Å²) in [6.45, 7) is 12.9. The second kappa shape index (κ2) is 9.93. The summed E-state index contributed by atoms with van der Waals surface area (Å²) >= 11 is 0. The van der Waals surface area contributed by atoms with Crippen molar-refractivity contribution in [3.05, 3.63) is 59.5 Å². The van der Waals surface area contributed by atoms with E-state index in [0.717, 1.165) is 30.8 Å². The first-order valence-electron chi connectivity index (χ1n) is 13.5. The van der Waals surface area contributed by atoms with E-state index < -0.39 is 5.60 Å². The van der Waals surface area contributed by atoms with Gasteiger partial charge in [0, 0.05) is 37.6 Å². The molecule has 1 N–H and O–H groups in total. The molecule has 2 amide bonds. The number of aryl methyl sites for hydroxylation is 1. The van der Waals surface area contributed by atoms with Gasteiger partial charge < -0.3 is 19.9 Å². The lowest BCUT2D eigenvalue weighted by atomic mass is 9.82. The number of piperidine rings is 1. The molecule has 9 nitrogen and oxygen atoms in total. The summed E-state index contributed by atoms with van der Waals surface area (Å²) in [5.41, 5.74) is 3.68. The SMILES string of the molecule is Cc1cc(N2CC[C@](C)(c3ccccc3)C2)cn2nc(C(=O)NC3CCN(C(=O)OC(C)(C)C)CC3)nc12. The van der Waals surface area contributed by atoms with E-state index in [2.05, 4.69) is 63.6 Å². The molecule has 0 saturated carbocycles. The van der Waals surface area contributed by atoms with Gasteiger partial charge in [-0.25, -0.2) is 14.3 Å². The zero-order valence-corrected chi connectivity index (χ0v) is 23.0. The van der Waals surface area contributed by atoms with Crippen molar-refractivity contribution in [2.75, 3.05) is 31.1 Å². The number of nitrogens with one attached hydrogen (secondary N) is 1. The predicted molar refractivity (Wildman–Crippen MR) is 147 cm³/mol. The van der Waals surface area contributed by atoms with E-state index in [9.17, 15) is 9.59 Å². The van der Waals surface area contributed by atoms with E-state index in [4.69, 9.17) is 4.74 Å². The Morgan fingerprint density at radius 1 is 1.11 bits per heavy atom. The Labute approximate surface area is 224 Å². The van der Waals surface area contributed by atoms with Crippen LogP contribution in [0.25, 0.3) is 5.65 Å². The van der Waals surface area contributed by atoms with Gasteiger partial charge in [0.2, 0.25) is 5.82 Å². The third-order valence-electron chi connectivity index (χ3n) is 7.60. The van der Waals surface area contributed by atoms with Gasteiger partial charge in [-0.05, 0) is 64.2 Å². The quantitative estimate of drug-likeness (QED) is 0.553. The summed E-state index contributed by atoms with van der Waals surface area (Å²) < 4.78 is 7.19. The lowest BCUT2D eigenvalue weighted by Gasteiger charge is -2.33. The smallest absolute Gasteiger partial charge is 0.410 e. The summed E-state index contributed by atoms with van der Waals surface area (Å²) in [7, 11) is 0. The second-order valence-electron chi connectivity index (χ2n) is 11.9. The van der Waals surface area contributed by atoms with Crippen LogP contribution in [0.15, 0.2) is 42.6 Å². The fourth-order valence-corrected chi connectivity index (χ4v) is 5.44. The predicted octanol–water partition coefficient (Wildman–Crippen LogP) is 4.34. The van der Waals surface area contributed by atoms with Gasteiger partial charge >= 0.3 is 6.09 Å². The van der Waals surface area contributed by atoms with E-state index >= 15 is 0 Å². The molecule has 3 aromatic rings. The molecule has 0 bridgehead atoms. The van der Waals surface area contributed by atoms with Crippen LogP contribution in [0.2, 0.25) is 0 Å². The minimum atomic E-state index is -0.523. The van der Waals surface area contributed by atoms with Crippen molar-refractivity contribution in [3.63, 3.8) is 0 Å². The van der Waals surface area contributed by atoms with Crippen molar-refractivity contribution < 1.29 is 14.3 Å². The first kappa shape index (κ1) is 26.0. The van der Waals surface area contributed by atoms with Crippen LogP contribution >= 0.6 is 0 Å². The Balaban J connectivity index is 1.23. The lowest BCUT2D eigenvalue weighted by Crippen LogP contribution is -2.48. The monoisotopic (exact) mass is 518 g/mol. The van der Waals surface area contributed by atoms with Crippen molar-refractivity contribution >= 4 is 23.3 Å². The van der Waals surface area contributed by atoms with Gasteiger partial charge in [-0.2, -0.15) is 0 Å². The van der Waals surface area contributed by atoms with Crippen molar-refractivity contribution in [1.82, 2.24) is 24.8 Å². The number of rotatable bonds is 4. The number of nitrogens with zero attached hydrogens (tertiary/aromatic N) is 5. The summed E-state index contributed by atoms with van der Waals surface area (Å²) in [5.74, 6) is -0.126. The Kier molecular flexibility index (Phi) is 6.79. The second-order valence-corrected chi connectivity index (χ2v) is 11.9. The number of fused-ring (bicyclic) bond motifs is 1. The molecule has 4 heterocycles. The molecule has 2 fully saturated rings. The highest BCUT2D eigenvalue weighted by Crippen LogP contribution is 2.36. The minimum absolute atomic E-state index is 0.0373. The van der Waals surface area contributed by atoms with E-state index in [-0.39, 0.29) is 29.3 Å². The van der Waals surface area contributed by atoms with E-state index in [1.807, 2.05) is 33.9 Å². The van der Waals surface area contributed by atoms with Crippen LogP contribution in [0.4, 0.5) is 10.5 Å². The van der Waals surface area contributed by atoms with Gasteiger partial charge in [0.25, 0.3) is 5.91 Å². The van der Waals surface area contributed by atoms with Gasteiger partial charge in [0.1, 0.15) is 5.60 Å². The zero-order valence-electron chi connectivity index (χ0n) is 23.0. The highest BCUT2D eigenvalue weighted by atomic mass is 16.6. The van der Waals surface area contributed by atoms with Crippen molar-refractivity contribution in [1.29, 1.82) is 0 Å². The number of carbonyl (C=O) groups is 2. The van der Waals surface area contributed by atoms with Crippen molar-refractivity contribution in [2.24, 2.45) is 0 Å². The normalized spacial score (nSPS) is 20.7. The number of carbonyl (C=O) groups excluding carboxylic acids is 2. The highest BCUT2D eigenvalue weighted by molar-refractivity contribution is 5.91. The van der Waals surface area contributed by atoms with Crippen LogP contribution < -0.4 is 10.2 Å². The Morgan fingerprint density at radius 3 is 2.50 bits per heavy atom. The molecular weight excluding hydrogens is 480 g/mol. The molecule has 0 radical (unpaired) electrons. The highest BCUT2D eigenvalue weighted by Gasteiger charge is 2.36. The molecule has 202 valence electrons. The fraction of sp³-hybridized carbons (Fsp3) is 0.517. The third-order valence-corrected chi connectivity index (χ3v) is 7.60. The van der Waals surface area contributed by atoms with Crippen molar-refractivity contribution in [2.45, 2.75) is 70.9 Å². The topological polar surface area (TPSA) is 92.1 Å². The van der Waals surface area contributed by atoms with Crippen LogP contribution in [-0.2, 0) is 10.2 Å². The Hall–Kier alpha value is -3.62. The number of aromatic nitrogens is 3. The molecule has 0 unspecified atom stereocenters. The molecular formula is C29H38N6O3. The van der Waals surface area contributed by atoms with Crippen LogP contribution in [0.1, 0.15) is 68.7 Å². The molecule has 0 spiro atoms. The van der Waals surface area contributed by atoms with Crippen LogP contribution in [-0.4, -0.2) is 69.3 Å². The molecule has 2 aromatic heterocycles. The van der Waals surface area contributed by atoms with E-state index in [0.29, 0.717) is 31.6 Å². The first-order valence-corrected chi connectivity index (χ1v) is 13.5. The van der Waals surface area contributed by atoms with Gasteiger partial charge in [-0.15, -0.1) is 5.10 Å². The Bertz CT molecular complexity index is 1320. The number of hydrogen-bond donors (Lipinski definition) is 1. The standard InChI is InChI=1S/C29H38N6O3/c1-20-17-23(34-16-13-29(5,19-34)21-9-7-6-8-10-21)18-35-25(20)31-24(32-35)26(36)30-22-11-14-33(15-12-22)27(37)38-28(2,3)4/h6-10,17-18,22H,11-16,19H2,1-5H3,(H,30,36)/t29-/m0/s1. The summed E-state index contributed by atoms with van der Waals surface area (Å²) in [5, 5.41) is 7.59. The maximum atomic E-state index is 13.0. The van der Waals surface area contributed by atoms with Crippen LogP contribution in [0.3, 0.4) is 0 Å². The van der Waals surface area contributed by atoms with Crippen molar-refractivity contribution in [3.8, 4) is 0 Å². The number of likely N-dealkylation sites (tertiary alicyclic amines) is 1. The maximum absolute atomic E-state index is 13.0. The average molecular weight is 519 g/mol. The maximum Gasteiger partial charge on any atom is 0.410 e. The van der Waals surface area contributed by atoms with Gasteiger partial charge in [-0.3, -0.25) is 4.79 Å². The van der Waals surface area contributed by atoms with E-state index in [1.165, 1.54) is 5.56 Å². The molecule has 0 aliphatic carbocycles. The third kappa shape index (κ3) is 5.47. The number of benzene rings is 1. The average Bonchev–Trinajstić information content (AvgIpc) is 3.49. The number of hydrogen-bond acceptors (Lipinski definition) is 6. The fourth-order valence-electron chi connectivity index (χ4n) is 5.44. The van der Waals surface area contributed by atoms with Crippen LogP contribution in [0, 0.1) is 6.92 Å². The molecule has 5 rings (SSSR count). The molecule has 1 atom stereocenters. The zero-order chi connectivity index (χ0) is 27.1. The molecule has 1 aromatic carbocycles.